The lowest BCUT2D eigenvalue weighted by Gasteiger charge is -2.41. The first-order chi connectivity index (χ1) is 6.35. The van der Waals surface area contributed by atoms with Crippen LogP contribution >= 0.6 is 0 Å². The highest BCUT2D eigenvalue weighted by Gasteiger charge is 2.36. The van der Waals surface area contributed by atoms with Crippen molar-refractivity contribution in [3.05, 3.63) is 0 Å². The van der Waals surface area contributed by atoms with Gasteiger partial charge in [0.1, 0.15) is 0 Å². The van der Waals surface area contributed by atoms with Gasteiger partial charge in [0.15, 0.2) is 0 Å². The molecule has 0 heterocycles. The van der Waals surface area contributed by atoms with Gasteiger partial charge >= 0.3 is 0 Å². The summed E-state index contributed by atoms with van der Waals surface area (Å²) in [7, 11) is 1.85. The molecule has 1 N–H and O–H groups in total. The van der Waals surface area contributed by atoms with E-state index >= 15 is 0 Å². The summed E-state index contributed by atoms with van der Waals surface area (Å²) >= 11 is 0. The largest absolute Gasteiger partial charge is 0.377 e. The predicted octanol–water partition coefficient (Wildman–Crippen LogP) is 1.95. The number of ether oxygens (including phenoxy) is 1. The summed E-state index contributed by atoms with van der Waals surface area (Å²) in [4.78, 5) is 0. The van der Waals surface area contributed by atoms with E-state index in [1.54, 1.807) is 0 Å². The third kappa shape index (κ3) is 2.05. The number of hydrogen-bond acceptors (Lipinski definition) is 2. The first-order valence-electron chi connectivity index (χ1n) is 5.60. The molecule has 2 aliphatic carbocycles. The molecule has 0 bridgehead atoms. The summed E-state index contributed by atoms with van der Waals surface area (Å²) in [6, 6.07) is 0. The molecule has 2 fully saturated rings. The van der Waals surface area contributed by atoms with Gasteiger partial charge in [-0.1, -0.05) is 6.42 Å². The summed E-state index contributed by atoms with van der Waals surface area (Å²) in [5.74, 6) is 0.967. The lowest BCUT2D eigenvalue weighted by atomic mass is 9.79. The Morgan fingerprint density at radius 1 is 1.31 bits per heavy atom. The molecular formula is C11H21NO. The van der Waals surface area contributed by atoms with E-state index in [0.29, 0.717) is 0 Å². The summed E-state index contributed by atoms with van der Waals surface area (Å²) in [6.07, 6.45) is 8.17. The lowest BCUT2D eigenvalue weighted by Crippen LogP contribution is -2.49. The van der Waals surface area contributed by atoms with Crippen molar-refractivity contribution in [1.29, 1.82) is 0 Å². The van der Waals surface area contributed by atoms with E-state index in [4.69, 9.17) is 4.74 Å². The minimum absolute atomic E-state index is 0.212. The highest BCUT2D eigenvalue weighted by molar-refractivity contribution is 4.91. The van der Waals surface area contributed by atoms with Crippen LogP contribution in [0.25, 0.3) is 0 Å². The average Bonchev–Trinajstić information content (AvgIpc) is 1.99. The van der Waals surface area contributed by atoms with E-state index in [1.165, 1.54) is 45.1 Å². The lowest BCUT2D eigenvalue weighted by molar-refractivity contribution is -0.0700. The molecule has 2 aliphatic rings. The summed E-state index contributed by atoms with van der Waals surface area (Å²) in [5, 5.41) is 3.56. The molecule has 0 saturated heterocycles. The van der Waals surface area contributed by atoms with E-state index < -0.39 is 0 Å². The third-order valence-electron chi connectivity index (χ3n) is 3.80. The Hall–Kier alpha value is -0.0800. The average molecular weight is 183 g/mol. The highest BCUT2D eigenvalue weighted by atomic mass is 16.5. The Kier molecular flexibility index (Phi) is 2.89. The Morgan fingerprint density at radius 3 is 2.46 bits per heavy atom. The minimum Gasteiger partial charge on any atom is -0.377 e. The van der Waals surface area contributed by atoms with Gasteiger partial charge in [-0.3, -0.25) is 0 Å². The first kappa shape index (κ1) is 9.47. The van der Waals surface area contributed by atoms with Crippen molar-refractivity contribution >= 4 is 0 Å². The van der Waals surface area contributed by atoms with E-state index in [1.807, 2.05) is 7.11 Å². The zero-order chi connectivity index (χ0) is 9.15. The number of hydrogen-bond donors (Lipinski definition) is 1. The number of nitrogens with one attached hydrogen (secondary N) is 1. The van der Waals surface area contributed by atoms with Crippen molar-refractivity contribution in [1.82, 2.24) is 5.32 Å². The standard InChI is InChI=1S/C11H21NO/c1-13-11(6-3-7-11)9-12-8-10-4-2-5-10/h10,12H,2-9H2,1H3. The minimum atomic E-state index is 0.212. The van der Waals surface area contributed by atoms with Crippen LogP contribution in [0.5, 0.6) is 0 Å². The van der Waals surface area contributed by atoms with Gasteiger partial charge in [-0.25, -0.2) is 0 Å². The van der Waals surface area contributed by atoms with Crippen molar-refractivity contribution in [3.63, 3.8) is 0 Å². The van der Waals surface area contributed by atoms with Crippen LogP contribution in [0.1, 0.15) is 38.5 Å². The molecule has 0 spiro atoms. The van der Waals surface area contributed by atoms with Crippen LogP contribution < -0.4 is 5.32 Å². The summed E-state index contributed by atoms with van der Waals surface area (Å²) in [5.41, 5.74) is 0.212. The maximum atomic E-state index is 5.54. The van der Waals surface area contributed by atoms with Crippen molar-refractivity contribution in [2.45, 2.75) is 44.1 Å². The molecule has 0 aromatic rings. The quantitative estimate of drug-likeness (QED) is 0.703. The van der Waals surface area contributed by atoms with E-state index in [-0.39, 0.29) is 5.60 Å². The van der Waals surface area contributed by atoms with Crippen LogP contribution in [-0.4, -0.2) is 25.8 Å². The number of methoxy groups -OCH3 is 1. The van der Waals surface area contributed by atoms with Gasteiger partial charge in [0.05, 0.1) is 5.60 Å². The van der Waals surface area contributed by atoms with Gasteiger partial charge in [0.2, 0.25) is 0 Å². The van der Waals surface area contributed by atoms with E-state index in [0.717, 1.165) is 12.5 Å². The molecular weight excluding hydrogens is 162 g/mol. The van der Waals surface area contributed by atoms with Crippen molar-refractivity contribution in [2.75, 3.05) is 20.2 Å². The second-order valence-corrected chi connectivity index (χ2v) is 4.67. The van der Waals surface area contributed by atoms with Gasteiger partial charge in [-0.15, -0.1) is 0 Å². The molecule has 2 nitrogen and oxygen atoms in total. The van der Waals surface area contributed by atoms with E-state index in [9.17, 15) is 0 Å². The molecule has 2 saturated carbocycles. The maximum Gasteiger partial charge on any atom is 0.0802 e. The first-order valence-corrected chi connectivity index (χ1v) is 5.60. The highest BCUT2D eigenvalue weighted by Crippen LogP contribution is 2.34. The Morgan fingerprint density at radius 2 is 2.08 bits per heavy atom. The Bertz CT molecular complexity index is 156. The molecule has 2 rings (SSSR count). The van der Waals surface area contributed by atoms with Crippen molar-refractivity contribution in [2.24, 2.45) is 5.92 Å². The normalized spacial score (nSPS) is 26.5. The van der Waals surface area contributed by atoms with Crippen LogP contribution in [0.4, 0.5) is 0 Å². The van der Waals surface area contributed by atoms with Crippen molar-refractivity contribution in [3.8, 4) is 0 Å². The molecule has 0 radical (unpaired) electrons. The molecule has 2 heteroatoms. The Labute approximate surface area is 81.0 Å². The molecule has 0 aliphatic heterocycles. The second-order valence-electron chi connectivity index (χ2n) is 4.67. The SMILES string of the molecule is COC1(CNCC2CCC2)CCC1. The van der Waals surface area contributed by atoms with Crippen LogP contribution in [0.3, 0.4) is 0 Å². The summed E-state index contributed by atoms with van der Waals surface area (Å²) < 4.78 is 5.54. The zero-order valence-corrected chi connectivity index (χ0v) is 8.64. The zero-order valence-electron chi connectivity index (χ0n) is 8.64. The van der Waals surface area contributed by atoms with Crippen LogP contribution in [0.15, 0.2) is 0 Å². The molecule has 0 atom stereocenters. The fourth-order valence-corrected chi connectivity index (χ4v) is 2.23. The fourth-order valence-electron chi connectivity index (χ4n) is 2.23. The third-order valence-corrected chi connectivity index (χ3v) is 3.80. The van der Waals surface area contributed by atoms with Gasteiger partial charge in [-0.2, -0.15) is 0 Å². The Balaban J connectivity index is 1.60. The molecule has 76 valence electrons. The van der Waals surface area contributed by atoms with Gasteiger partial charge in [-0.05, 0) is 44.6 Å². The second kappa shape index (κ2) is 3.97. The molecule has 0 unspecified atom stereocenters. The summed E-state index contributed by atoms with van der Waals surface area (Å²) in [6.45, 7) is 2.28. The van der Waals surface area contributed by atoms with Gasteiger partial charge in [0, 0.05) is 13.7 Å². The fraction of sp³-hybridized carbons (Fsp3) is 1.00. The molecule has 0 aromatic heterocycles. The maximum absolute atomic E-state index is 5.54. The van der Waals surface area contributed by atoms with Crippen LogP contribution in [-0.2, 0) is 4.74 Å². The van der Waals surface area contributed by atoms with Crippen molar-refractivity contribution < 1.29 is 4.74 Å². The van der Waals surface area contributed by atoms with E-state index in [2.05, 4.69) is 5.32 Å². The predicted molar refractivity (Wildman–Crippen MR) is 53.8 cm³/mol. The topological polar surface area (TPSA) is 21.3 Å². The monoisotopic (exact) mass is 183 g/mol. The van der Waals surface area contributed by atoms with Crippen LogP contribution in [0.2, 0.25) is 0 Å². The van der Waals surface area contributed by atoms with Gasteiger partial charge in [0.25, 0.3) is 0 Å². The number of rotatable bonds is 5. The van der Waals surface area contributed by atoms with Crippen LogP contribution in [0, 0.1) is 5.92 Å². The molecule has 0 amide bonds. The van der Waals surface area contributed by atoms with Gasteiger partial charge < -0.3 is 10.1 Å². The smallest absolute Gasteiger partial charge is 0.0802 e. The molecule has 13 heavy (non-hydrogen) atoms. The molecule has 0 aromatic carbocycles.